The summed E-state index contributed by atoms with van der Waals surface area (Å²) < 4.78 is 1.16. The molecular weight excluding hydrogens is 294 g/mol. The van der Waals surface area contributed by atoms with E-state index in [4.69, 9.17) is 5.73 Å². The van der Waals surface area contributed by atoms with Crippen molar-refractivity contribution >= 4 is 27.3 Å². The Bertz CT molecular complexity index is 508. The summed E-state index contributed by atoms with van der Waals surface area (Å²) in [5.41, 5.74) is 7.78. The van der Waals surface area contributed by atoms with E-state index in [1.807, 2.05) is 0 Å². The van der Waals surface area contributed by atoms with Gasteiger partial charge in [-0.3, -0.25) is 0 Å². The zero-order valence-corrected chi connectivity index (χ0v) is 11.7. The van der Waals surface area contributed by atoms with Crippen molar-refractivity contribution < 1.29 is 0 Å². The molecule has 0 spiro atoms. The van der Waals surface area contributed by atoms with E-state index in [2.05, 4.69) is 57.7 Å². The van der Waals surface area contributed by atoms with E-state index < -0.39 is 0 Å². The molecule has 1 nitrogen and oxygen atoms in total. The Labute approximate surface area is 114 Å². The van der Waals surface area contributed by atoms with Crippen molar-refractivity contribution in [3.63, 3.8) is 0 Å². The number of hydrogen-bond acceptors (Lipinski definition) is 2. The van der Waals surface area contributed by atoms with Crippen LogP contribution < -0.4 is 5.73 Å². The average molecular weight is 308 g/mol. The van der Waals surface area contributed by atoms with Gasteiger partial charge in [0.2, 0.25) is 0 Å². The van der Waals surface area contributed by atoms with Crippen LogP contribution in [0.25, 0.3) is 0 Å². The van der Waals surface area contributed by atoms with Crippen LogP contribution in [0.1, 0.15) is 28.8 Å². The predicted molar refractivity (Wildman–Crippen MR) is 76.2 cm³/mol. The van der Waals surface area contributed by atoms with Gasteiger partial charge in [-0.2, -0.15) is 0 Å². The highest BCUT2D eigenvalue weighted by Crippen LogP contribution is 2.54. The zero-order chi connectivity index (χ0) is 11.8. The normalized spacial score (nSPS) is 24.6. The van der Waals surface area contributed by atoms with E-state index in [9.17, 15) is 0 Å². The van der Waals surface area contributed by atoms with E-state index in [0.717, 1.165) is 4.47 Å². The molecule has 0 radical (unpaired) electrons. The summed E-state index contributed by atoms with van der Waals surface area (Å²) in [6.45, 7) is 0. The molecule has 2 N–H and O–H groups in total. The molecule has 17 heavy (non-hydrogen) atoms. The smallest absolute Gasteiger partial charge is 0.0435 e. The number of benzene rings is 1. The topological polar surface area (TPSA) is 26.0 Å². The molecule has 0 aliphatic heterocycles. The number of nitrogens with two attached hydrogens (primary N) is 1. The molecule has 0 bridgehead atoms. The third-order valence-corrected chi connectivity index (χ3v) is 5.45. The maximum Gasteiger partial charge on any atom is 0.0435 e. The fourth-order valence-electron chi connectivity index (χ4n) is 2.43. The Morgan fingerprint density at radius 1 is 1.24 bits per heavy atom. The molecule has 1 heterocycles. The second kappa shape index (κ2) is 4.56. The second-order valence-electron chi connectivity index (χ2n) is 4.58. The van der Waals surface area contributed by atoms with Gasteiger partial charge in [0.05, 0.1) is 0 Å². The van der Waals surface area contributed by atoms with Crippen molar-refractivity contribution in [3.8, 4) is 0 Å². The van der Waals surface area contributed by atoms with E-state index in [1.165, 1.54) is 16.9 Å². The van der Waals surface area contributed by atoms with Crippen LogP contribution in [-0.2, 0) is 0 Å². The lowest BCUT2D eigenvalue weighted by Crippen LogP contribution is -2.12. The first-order chi connectivity index (χ1) is 8.27. The van der Waals surface area contributed by atoms with E-state index in [-0.39, 0.29) is 6.04 Å². The molecule has 1 aliphatic carbocycles. The maximum atomic E-state index is 6.35. The molecule has 1 fully saturated rings. The van der Waals surface area contributed by atoms with Crippen LogP contribution in [0, 0.1) is 5.92 Å². The largest absolute Gasteiger partial charge is 0.323 e. The molecule has 3 unspecified atom stereocenters. The average Bonchev–Trinajstić information content (AvgIpc) is 3.05. The molecule has 2 aromatic rings. The summed E-state index contributed by atoms with van der Waals surface area (Å²) in [6, 6.07) is 13.0. The van der Waals surface area contributed by atoms with Gasteiger partial charge in [-0.15, -0.1) is 11.3 Å². The molecule has 0 amide bonds. The third-order valence-electron chi connectivity index (χ3n) is 3.48. The zero-order valence-electron chi connectivity index (χ0n) is 9.34. The van der Waals surface area contributed by atoms with Gasteiger partial charge in [-0.25, -0.2) is 0 Å². The van der Waals surface area contributed by atoms with Gasteiger partial charge in [-0.05, 0) is 51.2 Å². The van der Waals surface area contributed by atoms with Crippen LogP contribution in [-0.4, -0.2) is 0 Å². The highest BCUT2D eigenvalue weighted by molar-refractivity contribution is 9.10. The molecule has 3 heteroatoms. The minimum absolute atomic E-state index is 0.176. The van der Waals surface area contributed by atoms with Gasteiger partial charge in [0, 0.05) is 15.4 Å². The second-order valence-corrected chi connectivity index (χ2v) is 6.38. The highest BCUT2D eigenvalue weighted by atomic mass is 79.9. The first-order valence-electron chi connectivity index (χ1n) is 5.81. The minimum Gasteiger partial charge on any atom is -0.323 e. The number of hydrogen-bond donors (Lipinski definition) is 1. The maximum absolute atomic E-state index is 6.35. The molecule has 3 atom stereocenters. The molecule has 1 aliphatic rings. The SMILES string of the molecule is NC(c1sccc1Br)C1CC1c1ccccc1. The summed E-state index contributed by atoms with van der Waals surface area (Å²) in [4.78, 5) is 1.29. The van der Waals surface area contributed by atoms with Crippen molar-refractivity contribution in [1.29, 1.82) is 0 Å². The Hall–Kier alpha value is -0.640. The van der Waals surface area contributed by atoms with Gasteiger partial charge < -0.3 is 5.73 Å². The number of rotatable bonds is 3. The van der Waals surface area contributed by atoms with Crippen LogP contribution in [0.3, 0.4) is 0 Å². The number of thiophene rings is 1. The summed E-state index contributed by atoms with van der Waals surface area (Å²) in [6.07, 6.45) is 1.22. The molecular formula is C14H14BrNS. The Morgan fingerprint density at radius 2 is 2.00 bits per heavy atom. The van der Waals surface area contributed by atoms with Gasteiger partial charge in [-0.1, -0.05) is 30.3 Å². The fraction of sp³-hybridized carbons (Fsp3) is 0.286. The Kier molecular flexibility index (Phi) is 3.07. The van der Waals surface area contributed by atoms with Gasteiger partial charge >= 0.3 is 0 Å². The van der Waals surface area contributed by atoms with Crippen molar-refractivity contribution in [3.05, 3.63) is 56.7 Å². The monoisotopic (exact) mass is 307 g/mol. The first kappa shape index (κ1) is 11.5. The molecule has 1 saturated carbocycles. The Balaban J connectivity index is 1.75. The van der Waals surface area contributed by atoms with Gasteiger partial charge in [0.25, 0.3) is 0 Å². The standard InChI is InChI=1S/C14H14BrNS/c15-12-6-7-17-14(12)13(16)11-8-10(11)9-4-2-1-3-5-9/h1-7,10-11,13H,8,16H2. The number of halogens is 1. The lowest BCUT2D eigenvalue weighted by Gasteiger charge is -2.10. The molecule has 88 valence electrons. The van der Waals surface area contributed by atoms with Crippen molar-refractivity contribution in [1.82, 2.24) is 0 Å². The van der Waals surface area contributed by atoms with Gasteiger partial charge in [0.1, 0.15) is 0 Å². The van der Waals surface area contributed by atoms with Crippen molar-refractivity contribution in [2.75, 3.05) is 0 Å². The summed E-state index contributed by atoms with van der Waals surface area (Å²) in [7, 11) is 0. The van der Waals surface area contributed by atoms with Crippen LogP contribution in [0.2, 0.25) is 0 Å². The predicted octanol–water partition coefficient (Wildman–Crippen LogP) is 4.31. The Morgan fingerprint density at radius 3 is 2.65 bits per heavy atom. The third kappa shape index (κ3) is 2.19. The van der Waals surface area contributed by atoms with Gasteiger partial charge in [0.15, 0.2) is 0 Å². The fourth-order valence-corrected chi connectivity index (χ4v) is 4.15. The first-order valence-corrected chi connectivity index (χ1v) is 7.48. The van der Waals surface area contributed by atoms with Crippen molar-refractivity contribution in [2.45, 2.75) is 18.4 Å². The molecule has 3 rings (SSSR count). The van der Waals surface area contributed by atoms with E-state index in [1.54, 1.807) is 11.3 Å². The summed E-state index contributed by atoms with van der Waals surface area (Å²) >= 11 is 5.32. The van der Waals surface area contributed by atoms with Crippen LogP contribution >= 0.6 is 27.3 Å². The van der Waals surface area contributed by atoms with Crippen molar-refractivity contribution in [2.24, 2.45) is 11.7 Å². The highest BCUT2D eigenvalue weighted by Gasteiger charge is 2.43. The summed E-state index contributed by atoms with van der Waals surface area (Å²) in [5, 5.41) is 2.10. The quantitative estimate of drug-likeness (QED) is 0.898. The van der Waals surface area contributed by atoms with Crippen LogP contribution in [0.15, 0.2) is 46.3 Å². The molecule has 1 aromatic carbocycles. The van der Waals surface area contributed by atoms with E-state index >= 15 is 0 Å². The van der Waals surface area contributed by atoms with E-state index in [0.29, 0.717) is 11.8 Å². The summed E-state index contributed by atoms with van der Waals surface area (Å²) in [5.74, 6) is 1.26. The molecule has 1 aromatic heterocycles. The van der Waals surface area contributed by atoms with Crippen LogP contribution in [0.4, 0.5) is 0 Å². The van der Waals surface area contributed by atoms with Crippen LogP contribution in [0.5, 0.6) is 0 Å². The minimum atomic E-state index is 0.176. The lowest BCUT2D eigenvalue weighted by molar-refractivity contribution is 0.624. The lowest BCUT2D eigenvalue weighted by atomic mass is 10.1. The molecule has 0 saturated heterocycles.